The zero-order valence-corrected chi connectivity index (χ0v) is 11.6. The molecule has 0 fully saturated rings. The summed E-state index contributed by atoms with van der Waals surface area (Å²) in [4.78, 5) is 9.65. The summed E-state index contributed by atoms with van der Waals surface area (Å²) >= 11 is 0. The summed E-state index contributed by atoms with van der Waals surface area (Å²) in [5.74, 6) is -0.0790. The summed E-state index contributed by atoms with van der Waals surface area (Å²) < 4.78 is 0. The van der Waals surface area contributed by atoms with E-state index >= 15 is 0 Å². The van der Waals surface area contributed by atoms with Gasteiger partial charge in [0.25, 0.3) is 0 Å². The Morgan fingerprint density at radius 1 is 1.05 bits per heavy atom. The number of pyridine rings is 1. The molecule has 1 radical (unpaired) electrons. The average molecular weight is 339 g/mol. The fourth-order valence-corrected chi connectivity index (χ4v) is 1.15. The Hall–Kier alpha value is -2.41. The van der Waals surface area contributed by atoms with Crippen LogP contribution in [0, 0.1) is 0 Å². The summed E-state index contributed by atoms with van der Waals surface area (Å²) in [5, 5.41) is 11.3. The Labute approximate surface area is 131 Å². The van der Waals surface area contributed by atoms with Crippen molar-refractivity contribution in [2.75, 3.05) is 0 Å². The van der Waals surface area contributed by atoms with Gasteiger partial charge in [-0.1, -0.05) is 30.0 Å². The molecule has 9 heteroatoms. The van der Waals surface area contributed by atoms with Crippen molar-refractivity contribution in [3.05, 3.63) is 70.3 Å². The largest absolute Gasteiger partial charge is 2.00 e. The van der Waals surface area contributed by atoms with Gasteiger partial charge in [-0.05, 0) is 18.2 Å². The summed E-state index contributed by atoms with van der Waals surface area (Å²) in [5.41, 5.74) is 14.7. The number of hydrogen-bond donors (Lipinski definition) is 0. The van der Waals surface area contributed by atoms with Gasteiger partial charge in [-0.2, -0.15) is 0 Å². The van der Waals surface area contributed by atoms with Gasteiger partial charge in [0.1, 0.15) is 0 Å². The molecule has 0 spiro atoms. The van der Waals surface area contributed by atoms with E-state index in [9.17, 15) is 5.11 Å². The molecule has 0 aliphatic carbocycles. The normalized spacial score (nSPS) is 8.00. The Morgan fingerprint density at radius 2 is 1.62 bits per heavy atom. The predicted octanol–water partition coefficient (Wildman–Crippen LogP) is 1.12. The molecule has 4 N–H and O–H groups in total. The SMILES string of the molecule is O.O.[Cu+2].[N-]=[N+]=[N-].[O-]c1ccccc1N=Cc1ccccn1. The molecule has 0 unspecified atom stereocenters. The number of aliphatic imine (C=N–C) groups is 1. The maximum absolute atomic E-state index is 11.3. The Balaban J connectivity index is -0.000000500. The molecule has 0 saturated carbocycles. The van der Waals surface area contributed by atoms with E-state index in [1.54, 1.807) is 30.6 Å². The molecule has 8 nitrogen and oxygen atoms in total. The molecule has 2 aromatic rings. The summed E-state index contributed by atoms with van der Waals surface area (Å²) in [6.07, 6.45) is 3.27. The van der Waals surface area contributed by atoms with Gasteiger partial charge in [-0.25, -0.2) is 0 Å². The average Bonchev–Trinajstić information content (AvgIpc) is 2.40. The minimum Gasteiger partial charge on any atom is -0.871 e. The number of hydrogen-bond acceptors (Lipinski definition) is 3. The fourth-order valence-electron chi connectivity index (χ4n) is 1.15. The van der Waals surface area contributed by atoms with Crippen molar-refractivity contribution in [3.63, 3.8) is 0 Å². The Morgan fingerprint density at radius 3 is 2.14 bits per heavy atom. The van der Waals surface area contributed by atoms with Crippen molar-refractivity contribution < 1.29 is 33.1 Å². The van der Waals surface area contributed by atoms with Crippen LogP contribution < -0.4 is 5.11 Å². The minimum absolute atomic E-state index is 0. The van der Waals surface area contributed by atoms with Crippen LogP contribution in [-0.2, 0) is 17.1 Å². The predicted molar refractivity (Wildman–Crippen MR) is 74.7 cm³/mol. The maximum atomic E-state index is 11.3. The van der Waals surface area contributed by atoms with Gasteiger partial charge >= 0.3 is 17.1 Å². The maximum Gasteiger partial charge on any atom is 2.00 e. The van der Waals surface area contributed by atoms with Crippen LogP contribution in [0.1, 0.15) is 5.69 Å². The third kappa shape index (κ3) is 9.17. The first-order valence-electron chi connectivity index (χ1n) is 4.97. The van der Waals surface area contributed by atoms with Crippen LogP contribution >= 0.6 is 0 Å². The third-order valence-electron chi connectivity index (χ3n) is 1.89. The van der Waals surface area contributed by atoms with Gasteiger partial charge in [-0.3, -0.25) is 14.9 Å². The number of rotatable bonds is 2. The number of nitrogens with zero attached hydrogens (tertiary/aromatic N) is 5. The fraction of sp³-hybridized carbons (Fsp3) is 0. The van der Waals surface area contributed by atoms with Gasteiger partial charge in [0.05, 0.1) is 17.6 Å². The molecule has 1 aromatic heterocycles. The van der Waals surface area contributed by atoms with Crippen molar-refractivity contribution in [1.29, 1.82) is 0 Å². The van der Waals surface area contributed by atoms with Crippen LogP contribution in [0.4, 0.5) is 5.69 Å². The monoisotopic (exact) mass is 338 g/mol. The first kappa shape index (κ1) is 23.7. The van der Waals surface area contributed by atoms with E-state index < -0.39 is 0 Å². The molecule has 0 aliphatic heterocycles. The first-order chi connectivity index (χ1) is 8.77. The topological polar surface area (TPSA) is 170 Å². The van der Waals surface area contributed by atoms with Crippen molar-refractivity contribution in [3.8, 4) is 5.75 Å². The van der Waals surface area contributed by atoms with Crippen molar-refractivity contribution in [2.45, 2.75) is 0 Å². The third-order valence-corrected chi connectivity index (χ3v) is 1.89. The van der Waals surface area contributed by atoms with Crippen molar-refractivity contribution >= 4 is 11.9 Å². The number of para-hydroxylation sites is 2. The quantitative estimate of drug-likeness (QED) is 0.263. The Kier molecular flexibility index (Phi) is 15.8. The van der Waals surface area contributed by atoms with Crippen LogP contribution in [0.25, 0.3) is 16.0 Å². The molecule has 0 aliphatic rings. The van der Waals surface area contributed by atoms with E-state index in [-0.39, 0.29) is 33.8 Å². The van der Waals surface area contributed by atoms with E-state index in [0.717, 1.165) is 5.69 Å². The summed E-state index contributed by atoms with van der Waals surface area (Å²) in [7, 11) is 0. The van der Waals surface area contributed by atoms with E-state index in [1.165, 1.54) is 11.0 Å². The van der Waals surface area contributed by atoms with Gasteiger partial charge < -0.3 is 27.1 Å². The van der Waals surface area contributed by atoms with Crippen LogP contribution in [0.2, 0.25) is 0 Å². The molecule has 1 heterocycles. The van der Waals surface area contributed by atoms with Crippen LogP contribution in [0.3, 0.4) is 0 Å². The molecule has 115 valence electrons. The van der Waals surface area contributed by atoms with E-state index in [4.69, 9.17) is 11.1 Å². The molecule has 1 aromatic carbocycles. The molecule has 2 rings (SSSR count). The second-order valence-corrected chi connectivity index (χ2v) is 3.07. The van der Waals surface area contributed by atoms with E-state index in [1.807, 2.05) is 18.2 Å². The Bertz CT molecular complexity index is 560. The number of aromatic nitrogens is 1. The van der Waals surface area contributed by atoms with E-state index in [0.29, 0.717) is 5.69 Å². The molecule has 0 atom stereocenters. The summed E-state index contributed by atoms with van der Waals surface area (Å²) in [6, 6.07) is 12.2. The summed E-state index contributed by atoms with van der Waals surface area (Å²) in [6.45, 7) is 0. The molecule has 0 amide bonds. The van der Waals surface area contributed by atoms with Crippen molar-refractivity contribution in [2.24, 2.45) is 4.99 Å². The number of benzene rings is 1. The second kappa shape index (κ2) is 14.0. The van der Waals surface area contributed by atoms with Gasteiger partial charge in [-0.15, -0.1) is 0 Å². The van der Waals surface area contributed by atoms with E-state index in [2.05, 4.69) is 9.98 Å². The van der Waals surface area contributed by atoms with Crippen LogP contribution in [-0.4, -0.2) is 22.2 Å². The molecule has 0 bridgehead atoms. The molecule has 0 saturated heterocycles. The van der Waals surface area contributed by atoms with Crippen molar-refractivity contribution in [1.82, 2.24) is 4.98 Å². The standard InChI is InChI=1S/C12H10N2O.Cu.N3.2H2O/c15-12-7-2-1-6-11(12)14-9-10-5-3-4-8-13-10;;1-3-2;;/h1-9,15H;;;2*1H2/q;+2;-1;;/p-1. The molecule has 21 heavy (non-hydrogen) atoms. The van der Waals surface area contributed by atoms with Crippen LogP contribution in [0.15, 0.2) is 53.7 Å². The van der Waals surface area contributed by atoms with Gasteiger partial charge in [0.2, 0.25) is 0 Å². The van der Waals surface area contributed by atoms with Gasteiger partial charge in [0.15, 0.2) is 0 Å². The molecular weight excluding hydrogens is 326 g/mol. The minimum atomic E-state index is -0.0790. The zero-order valence-electron chi connectivity index (χ0n) is 10.6. The smallest absolute Gasteiger partial charge is 0.871 e. The molecular formula is C12H13CuN5O3. The first-order valence-corrected chi connectivity index (χ1v) is 4.97. The second-order valence-electron chi connectivity index (χ2n) is 3.07. The zero-order chi connectivity index (χ0) is 13.2. The van der Waals surface area contributed by atoms with Crippen LogP contribution in [0.5, 0.6) is 5.75 Å². The van der Waals surface area contributed by atoms with Gasteiger partial charge in [0, 0.05) is 6.20 Å².